The number of methoxy groups -OCH3 is 2. The van der Waals surface area contributed by atoms with Gasteiger partial charge in [0.15, 0.2) is 0 Å². The Labute approximate surface area is 160 Å². The predicted molar refractivity (Wildman–Crippen MR) is 108 cm³/mol. The molecule has 0 bridgehead atoms. The van der Waals surface area contributed by atoms with E-state index in [-0.39, 0.29) is 12.5 Å². The van der Waals surface area contributed by atoms with Gasteiger partial charge in [-0.15, -0.1) is 0 Å². The van der Waals surface area contributed by atoms with Crippen LogP contribution in [0.4, 0.5) is 11.4 Å². The molecule has 0 unspecified atom stereocenters. The van der Waals surface area contributed by atoms with Crippen molar-refractivity contribution < 1.29 is 19.0 Å². The van der Waals surface area contributed by atoms with E-state index in [9.17, 15) is 4.79 Å². The SMILES string of the molecule is COc1ccc(OC)c(NCC(=O)Nc2ccc(OCCC(C)C)cc2)c1. The molecule has 146 valence electrons. The maximum atomic E-state index is 12.2. The zero-order valence-electron chi connectivity index (χ0n) is 16.4. The van der Waals surface area contributed by atoms with Gasteiger partial charge in [0.2, 0.25) is 5.91 Å². The molecule has 2 aromatic carbocycles. The van der Waals surface area contributed by atoms with Gasteiger partial charge >= 0.3 is 0 Å². The molecular weight excluding hydrogens is 344 g/mol. The second-order valence-corrected chi connectivity index (χ2v) is 6.52. The van der Waals surface area contributed by atoms with Crippen molar-refractivity contribution in [1.82, 2.24) is 0 Å². The first-order valence-corrected chi connectivity index (χ1v) is 9.00. The summed E-state index contributed by atoms with van der Waals surface area (Å²) >= 11 is 0. The van der Waals surface area contributed by atoms with E-state index in [4.69, 9.17) is 14.2 Å². The molecule has 0 aliphatic rings. The topological polar surface area (TPSA) is 68.8 Å². The summed E-state index contributed by atoms with van der Waals surface area (Å²) in [5.74, 6) is 2.58. The first-order valence-electron chi connectivity index (χ1n) is 9.00. The van der Waals surface area contributed by atoms with Crippen LogP contribution >= 0.6 is 0 Å². The highest BCUT2D eigenvalue weighted by Crippen LogP contribution is 2.28. The Morgan fingerprint density at radius 2 is 1.70 bits per heavy atom. The number of carbonyl (C=O) groups is 1. The fourth-order valence-corrected chi connectivity index (χ4v) is 2.38. The van der Waals surface area contributed by atoms with Gasteiger partial charge in [0.05, 0.1) is 33.1 Å². The van der Waals surface area contributed by atoms with E-state index in [0.717, 1.165) is 17.9 Å². The van der Waals surface area contributed by atoms with Gasteiger partial charge in [0, 0.05) is 11.8 Å². The average molecular weight is 372 g/mol. The van der Waals surface area contributed by atoms with Crippen LogP contribution in [0.2, 0.25) is 0 Å². The van der Waals surface area contributed by atoms with E-state index in [2.05, 4.69) is 24.5 Å². The molecule has 0 aliphatic carbocycles. The standard InChI is InChI=1S/C21H28N2O4/c1-15(2)11-12-27-17-7-5-16(6-8-17)23-21(24)14-22-19-13-18(25-3)9-10-20(19)26-4/h5-10,13,15,22H,11-12,14H2,1-4H3,(H,23,24). The number of ether oxygens (including phenoxy) is 3. The van der Waals surface area contributed by atoms with E-state index >= 15 is 0 Å². The van der Waals surface area contributed by atoms with Crippen molar-refractivity contribution in [2.45, 2.75) is 20.3 Å². The van der Waals surface area contributed by atoms with Crippen LogP contribution in [0.25, 0.3) is 0 Å². The lowest BCUT2D eigenvalue weighted by Crippen LogP contribution is -2.22. The highest BCUT2D eigenvalue weighted by atomic mass is 16.5. The molecule has 2 N–H and O–H groups in total. The van der Waals surface area contributed by atoms with E-state index in [0.29, 0.717) is 29.7 Å². The smallest absolute Gasteiger partial charge is 0.243 e. The second kappa shape index (κ2) is 10.3. The maximum Gasteiger partial charge on any atom is 0.243 e. The zero-order chi connectivity index (χ0) is 19.6. The third-order valence-corrected chi connectivity index (χ3v) is 3.95. The summed E-state index contributed by atoms with van der Waals surface area (Å²) < 4.78 is 16.2. The molecule has 2 aromatic rings. The van der Waals surface area contributed by atoms with Gasteiger partial charge in [0.25, 0.3) is 0 Å². The van der Waals surface area contributed by atoms with E-state index in [1.807, 2.05) is 24.3 Å². The lowest BCUT2D eigenvalue weighted by Gasteiger charge is -2.13. The predicted octanol–water partition coefficient (Wildman–Crippen LogP) is 4.18. The van der Waals surface area contributed by atoms with Crippen LogP contribution in [-0.2, 0) is 4.79 Å². The van der Waals surface area contributed by atoms with Gasteiger partial charge in [-0.25, -0.2) is 0 Å². The molecule has 27 heavy (non-hydrogen) atoms. The van der Waals surface area contributed by atoms with Crippen molar-refractivity contribution in [1.29, 1.82) is 0 Å². The number of anilines is 2. The molecule has 6 heteroatoms. The lowest BCUT2D eigenvalue weighted by atomic mass is 10.1. The van der Waals surface area contributed by atoms with Crippen molar-refractivity contribution in [2.24, 2.45) is 5.92 Å². The molecular formula is C21H28N2O4. The lowest BCUT2D eigenvalue weighted by molar-refractivity contribution is -0.114. The summed E-state index contributed by atoms with van der Waals surface area (Å²) in [6.07, 6.45) is 1.01. The first-order chi connectivity index (χ1) is 13.0. The number of hydrogen-bond donors (Lipinski definition) is 2. The minimum atomic E-state index is -0.159. The quantitative estimate of drug-likeness (QED) is 0.655. The van der Waals surface area contributed by atoms with Crippen molar-refractivity contribution >= 4 is 17.3 Å². The van der Waals surface area contributed by atoms with Crippen LogP contribution in [0.5, 0.6) is 17.2 Å². The van der Waals surface area contributed by atoms with Gasteiger partial charge in [-0.3, -0.25) is 4.79 Å². The molecule has 0 saturated heterocycles. The van der Waals surface area contributed by atoms with Crippen LogP contribution in [0, 0.1) is 5.92 Å². The Hall–Kier alpha value is -2.89. The fraction of sp³-hybridized carbons (Fsp3) is 0.381. The molecule has 6 nitrogen and oxygen atoms in total. The highest BCUT2D eigenvalue weighted by Gasteiger charge is 2.08. The van der Waals surface area contributed by atoms with Gasteiger partial charge in [0.1, 0.15) is 17.2 Å². The fourth-order valence-electron chi connectivity index (χ4n) is 2.38. The summed E-state index contributed by atoms with van der Waals surface area (Å²) in [4.78, 5) is 12.2. The van der Waals surface area contributed by atoms with Crippen molar-refractivity contribution in [3.8, 4) is 17.2 Å². The normalized spacial score (nSPS) is 10.4. The van der Waals surface area contributed by atoms with E-state index < -0.39 is 0 Å². The highest BCUT2D eigenvalue weighted by molar-refractivity contribution is 5.94. The van der Waals surface area contributed by atoms with Gasteiger partial charge < -0.3 is 24.8 Å². The van der Waals surface area contributed by atoms with Crippen LogP contribution in [0.1, 0.15) is 20.3 Å². The Morgan fingerprint density at radius 1 is 1.00 bits per heavy atom. The number of amides is 1. The number of carbonyl (C=O) groups excluding carboxylic acids is 1. The third-order valence-electron chi connectivity index (χ3n) is 3.95. The molecule has 0 radical (unpaired) electrons. The van der Waals surface area contributed by atoms with Crippen LogP contribution in [0.15, 0.2) is 42.5 Å². The van der Waals surface area contributed by atoms with Crippen molar-refractivity contribution in [2.75, 3.05) is 38.0 Å². The Bertz CT molecular complexity index is 729. The van der Waals surface area contributed by atoms with Crippen LogP contribution in [0.3, 0.4) is 0 Å². The Morgan fingerprint density at radius 3 is 2.33 bits per heavy atom. The summed E-state index contributed by atoms with van der Waals surface area (Å²) in [5, 5.41) is 5.92. The average Bonchev–Trinajstić information content (AvgIpc) is 2.67. The Kier molecular flexibility index (Phi) is 7.79. The summed E-state index contributed by atoms with van der Waals surface area (Å²) in [7, 11) is 3.17. The zero-order valence-corrected chi connectivity index (χ0v) is 16.4. The summed E-state index contributed by atoms with van der Waals surface area (Å²) in [6.45, 7) is 5.13. The minimum absolute atomic E-state index is 0.107. The Balaban J connectivity index is 1.85. The van der Waals surface area contributed by atoms with Gasteiger partial charge in [-0.1, -0.05) is 13.8 Å². The number of benzene rings is 2. The number of nitrogens with one attached hydrogen (secondary N) is 2. The molecule has 2 rings (SSSR count). The molecule has 1 amide bonds. The molecule has 0 aromatic heterocycles. The van der Waals surface area contributed by atoms with E-state index in [1.54, 1.807) is 32.4 Å². The van der Waals surface area contributed by atoms with Gasteiger partial charge in [-0.05, 0) is 48.7 Å². The summed E-state index contributed by atoms with van der Waals surface area (Å²) in [6, 6.07) is 12.7. The van der Waals surface area contributed by atoms with E-state index in [1.165, 1.54) is 0 Å². The number of hydrogen-bond acceptors (Lipinski definition) is 5. The minimum Gasteiger partial charge on any atom is -0.497 e. The molecule has 0 heterocycles. The molecule has 0 saturated carbocycles. The number of rotatable bonds is 10. The van der Waals surface area contributed by atoms with Crippen LogP contribution < -0.4 is 24.8 Å². The molecule has 0 aliphatic heterocycles. The monoisotopic (exact) mass is 372 g/mol. The second-order valence-electron chi connectivity index (χ2n) is 6.52. The molecule has 0 atom stereocenters. The van der Waals surface area contributed by atoms with Crippen LogP contribution in [-0.4, -0.2) is 33.3 Å². The largest absolute Gasteiger partial charge is 0.497 e. The summed E-state index contributed by atoms with van der Waals surface area (Å²) in [5.41, 5.74) is 1.41. The van der Waals surface area contributed by atoms with Crippen molar-refractivity contribution in [3.05, 3.63) is 42.5 Å². The third kappa shape index (κ3) is 6.73. The first kappa shape index (κ1) is 20.4. The molecule has 0 spiro atoms. The maximum absolute atomic E-state index is 12.2. The molecule has 0 fully saturated rings. The van der Waals surface area contributed by atoms with Gasteiger partial charge in [-0.2, -0.15) is 0 Å². The van der Waals surface area contributed by atoms with Crippen molar-refractivity contribution in [3.63, 3.8) is 0 Å².